The highest BCUT2D eigenvalue weighted by atomic mass is 16.5. The Morgan fingerprint density at radius 1 is 0.742 bits per heavy atom. The van der Waals surface area contributed by atoms with Crippen molar-refractivity contribution < 1.29 is 14.3 Å². The van der Waals surface area contributed by atoms with Crippen LogP contribution >= 0.6 is 0 Å². The summed E-state index contributed by atoms with van der Waals surface area (Å²) in [5.41, 5.74) is 0.603. The van der Waals surface area contributed by atoms with E-state index in [4.69, 9.17) is 9.47 Å². The summed E-state index contributed by atoms with van der Waals surface area (Å²) in [6, 6.07) is 7.38. The maximum atomic E-state index is 12.0. The second-order valence-electron chi connectivity index (χ2n) is 9.45. The zero-order chi connectivity index (χ0) is 22.2. The molecule has 1 aliphatic carbocycles. The van der Waals surface area contributed by atoms with Gasteiger partial charge in [-0.3, -0.25) is 0 Å². The highest BCUT2D eigenvalue weighted by molar-refractivity contribution is 5.89. The fourth-order valence-corrected chi connectivity index (χ4v) is 4.69. The molecular formula is C28H46O3. The minimum atomic E-state index is -0.237. The van der Waals surface area contributed by atoms with Gasteiger partial charge in [0.2, 0.25) is 0 Å². The number of carbonyl (C=O) groups is 1. The molecule has 176 valence electrons. The van der Waals surface area contributed by atoms with Gasteiger partial charge < -0.3 is 9.47 Å². The molecular weight excluding hydrogens is 384 g/mol. The average Bonchev–Trinajstić information content (AvgIpc) is 2.80. The molecule has 1 aromatic rings. The molecule has 0 N–H and O–H groups in total. The van der Waals surface area contributed by atoms with Gasteiger partial charge in [-0.15, -0.1) is 0 Å². The molecule has 0 bridgehead atoms. The van der Waals surface area contributed by atoms with Crippen molar-refractivity contribution in [2.75, 3.05) is 13.2 Å². The van der Waals surface area contributed by atoms with Crippen LogP contribution in [0, 0.1) is 11.8 Å². The summed E-state index contributed by atoms with van der Waals surface area (Å²) in [5.74, 6) is 2.49. The molecule has 0 unspecified atom stereocenters. The van der Waals surface area contributed by atoms with E-state index < -0.39 is 0 Å². The molecule has 3 nitrogen and oxygen atoms in total. The third-order valence-electron chi connectivity index (χ3n) is 6.78. The van der Waals surface area contributed by atoms with Crippen LogP contribution in [0.15, 0.2) is 24.3 Å². The van der Waals surface area contributed by atoms with Crippen molar-refractivity contribution in [1.82, 2.24) is 0 Å². The van der Waals surface area contributed by atoms with Gasteiger partial charge in [0.25, 0.3) is 0 Å². The van der Waals surface area contributed by atoms with Crippen LogP contribution in [-0.4, -0.2) is 19.2 Å². The molecule has 31 heavy (non-hydrogen) atoms. The molecule has 0 heterocycles. The van der Waals surface area contributed by atoms with E-state index in [2.05, 4.69) is 13.8 Å². The SMILES string of the molecule is CCCCCCCC1CCC(CCCOc2ccc(C(=O)OCCCCC)cc2)CC1. The molecule has 0 saturated heterocycles. The van der Waals surface area contributed by atoms with Crippen LogP contribution in [0.5, 0.6) is 5.75 Å². The van der Waals surface area contributed by atoms with Gasteiger partial charge in [-0.05, 0) is 55.4 Å². The highest BCUT2D eigenvalue weighted by Crippen LogP contribution is 2.34. The van der Waals surface area contributed by atoms with Crippen LogP contribution in [0.25, 0.3) is 0 Å². The number of unbranched alkanes of at least 4 members (excludes halogenated alkanes) is 6. The summed E-state index contributed by atoms with van der Waals surface area (Å²) in [4.78, 5) is 12.0. The van der Waals surface area contributed by atoms with Crippen LogP contribution in [0.3, 0.4) is 0 Å². The number of benzene rings is 1. The first-order valence-electron chi connectivity index (χ1n) is 13.1. The quantitative estimate of drug-likeness (QED) is 0.195. The number of hydrogen-bond acceptors (Lipinski definition) is 3. The first-order valence-corrected chi connectivity index (χ1v) is 13.1. The van der Waals surface area contributed by atoms with Gasteiger partial charge in [-0.2, -0.15) is 0 Å². The molecule has 0 spiro atoms. The fourth-order valence-electron chi connectivity index (χ4n) is 4.69. The van der Waals surface area contributed by atoms with Crippen molar-refractivity contribution in [2.45, 2.75) is 110 Å². The lowest BCUT2D eigenvalue weighted by atomic mass is 9.78. The molecule has 0 atom stereocenters. The zero-order valence-corrected chi connectivity index (χ0v) is 20.2. The van der Waals surface area contributed by atoms with Gasteiger partial charge in [-0.25, -0.2) is 4.79 Å². The predicted octanol–water partition coefficient (Wildman–Crippen LogP) is 8.36. The lowest BCUT2D eigenvalue weighted by Gasteiger charge is -2.28. The number of rotatable bonds is 16. The maximum absolute atomic E-state index is 12.0. The van der Waals surface area contributed by atoms with Crippen molar-refractivity contribution in [1.29, 1.82) is 0 Å². The molecule has 0 aromatic heterocycles. The first-order chi connectivity index (χ1) is 15.2. The molecule has 1 fully saturated rings. The Morgan fingerprint density at radius 2 is 1.32 bits per heavy atom. The Kier molecular flexibility index (Phi) is 13.4. The topological polar surface area (TPSA) is 35.5 Å². The Labute approximate surface area is 191 Å². The number of carbonyl (C=O) groups excluding carboxylic acids is 1. The Bertz CT molecular complexity index is 572. The van der Waals surface area contributed by atoms with E-state index >= 15 is 0 Å². The Morgan fingerprint density at radius 3 is 1.97 bits per heavy atom. The van der Waals surface area contributed by atoms with E-state index in [1.54, 1.807) is 12.1 Å². The van der Waals surface area contributed by atoms with E-state index in [0.717, 1.165) is 49.9 Å². The van der Waals surface area contributed by atoms with E-state index in [1.165, 1.54) is 70.6 Å². The third kappa shape index (κ3) is 11.1. The Balaban J connectivity index is 1.52. The summed E-state index contributed by atoms with van der Waals surface area (Å²) in [5, 5.41) is 0. The van der Waals surface area contributed by atoms with Gasteiger partial charge in [0.1, 0.15) is 5.75 Å². The lowest BCUT2D eigenvalue weighted by molar-refractivity contribution is 0.0498. The monoisotopic (exact) mass is 430 g/mol. The van der Waals surface area contributed by atoms with Crippen LogP contribution in [0.2, 0.25) is 0 Å². The summed E-state index contributed by atoms with van der Waals surface area (Å²) in [6.07, 6.45) is 19.8. The average molecular weight is 431 g/mol. The second kappa shape index (κ2) is 16.2. The summed E-state index contributed by atoms with van der Waals surface area (Å²) < 4.78 is 11.2. The van der Waals surface area contributed by atoms with Gasteiger partial charge >= 0.3 is 5.97 Å². The molecule has 1 aromatic carbocycles. The molecule has 1 aliphatic rings. The summed E-state index contributed by atoms with van der Waals surface area (Å²) in [6.45, 7) is 5.70. The summed E-state index contributed by atoms with van der Waals surface area (Å²) >= 11 is 0. The van der Waals surface area contributed by atoms with Crippen LogP contribution in [0.4, 0.5) is 0 Å². The number of ether oxygens (including phenoxy) is 2. The molecule has 1 saturated carbocycles. The summed E-state index contributed by atoms with van der Waals surface area (Å²) in [7, 11) is 0. The largest absolute Gasteiger partial charge is 0.494 e. The zero-order valence-electron chi connectivity index (χ0n) is 20.2. The molecule has 0 radical (unpaired) electrons. The smallest absolute Gasteiger partial charge is 0.338 e. The molecule has 3 heteroatoms. The first kappa shape index (κ1) is 25.7. The fraction of sp³-hybridized carbons (Fsp3) is 0.750. The molecule has 0 amide bonds. The van der Waals surface area contributed by atoms with Crippen LogP contribution in [0.1, 0.15) is 121 Å². The van der Waals surface area contributed by atoms with E-state index in [9.17, 15) is 4.79 Å². The lowest BCUT2D eigenvalue weighted by Crippen LogP contribution is -2.15. The standard InChI is InChI=1S/C28H46O3/c1-3-5-7-8-9-12-24-14-16-25(17-15-24)13-11-23-30-27-20-18-26(19-21-27)28(29)31-22-10-6-4-2/h18-21,24-25H,3-17,22-23H2,1-2H3. The normalized spacial score (nSPS) is 18.6. The minimum Gasteiger partial charge on any atom is -0.494 e. The van der Waals surface area contributed by atoms with Gasteiger partial charge in [0.05, 0.1) is 18.8 Å². The van der Waals surface area contributed by atoms with Crippen LogP contribution in [-0.2, 0) is 4.74 Å². The number of hydrogen-bond donors (Lipinski definition) is 0. The van der Waals surface area contributed by atoms with Crippen molar-refractivity contribution in [3.8, 4) is 5.75 Å². The Hall–Kier alpha value is -1.51. The van der Waals surface area contributed by atoms with Gasteiger partial charge in [0, 0.05) is 0 Å². The van der Waals surface area contributed by atoms with Gasteiger partial charge in [-0.1, -0.05) is 90.9 Å². The highest BCUT2D eigenvalue weighted by Gasteiger charge is 2.20. The second-order valence-corrected chi connectivity index (χ2v) is 9.45. The number of esters is 1. The van der Waals surface area contributed by atoms with E-state index in [-0.39, 0.29) is 5.97 Å². The van der Waals surface area contributed by atoms with Crippen molar-refractivity contribution in [3.63, 3.8) is 0 Å². The minimum absolute atomic E-state index is 0.237. The van der Waals surface area contributed by atoms with Crippen molar-refractivity contribution in [2.24, 2.45) is 11.8 Å². The van der Waals surface area contributed by atoms with Crippen molar-refractivity contribution >= 4 is 5.97 Å². The van der Waals surface area contributed by atoms with Gasteiger partial charge in [0.15, 0.2) is 0 Å². The van der Waals surface area contributed by atoms with Crippen molar-refractivity contribution in [3.05, 3.63) is 29.8 Å². The third-order valence-corrected chi connectivity index (χ3v) is 6.78. The predicted molar refractivity (Wildman–Crippen MR) is 130 cm³/mol. The molecule has 2 rings (SSSR count). The van der Waals surface area contributed by atoms with Crippen LogP contribution < -0.4 is 4.74 Å². The molecule has 0 aliphatic heterocycles. The van der Waals surface area contributed by atoms with E-state index in [1.807, 2.05) is 12.1 Å². The van der Waals surface area contributed by atoms with E-state index in [0.29, 0.717) is 12.2 Å². The maximum Gasteiger partial charge on any atom is 0.338 e.